The van der Waals surface area contributed by atoms with E-state index in [0.717, 1.165) is 11.3 Å². The summed E-state index contributed by atoms with van der Waals surface area (Å²) in [6, 6.07) is 12.7. The summed E-state index contributed by atoms with van der Waals surface area (Å²) in [5.74, 6) is 1.10. The number of benzene rings is 2. The fourth-order valence-corrected chi connectivity index (χ4v) is 3.07. The Labute approximate surface area is 164 Å². The van der Waals surface area contributed by atoms with Crippen molar-refractivity contribution in [2.75, 3.05) is 23.4 Å². The second-order valence-electron chi connectivity index (χ2n) is 6.48. The first-order valence-electron chi connectivity index (χ1n) is 9.26. The Morgan fingerprint density at radius 2 is 2.04 bits per heavy atom. The Balaban J connectivity index is 1.69. The first-order chi connectivity index (χ1) is 13.5. The third kappa shape index (κ3) is 4.34. The van der Waals surface area contributed by atoms with E-state index in [0.29, 0.717) is 30.3 Å². The van der Waals surface area contributed by atoms with Crippen LogP contribution in [0.2, 0.25) is 0 Å². The van der Waals surface area contributed by atoms with Gasteiger partial charge in [0.1, 0.15) is 11.5 Å². The lowest BCUT2D eigenvalue weighted by atomic mass is 10.1. The molecule has 1 aliphatic heterocycles. The molecule has 1 N–H and O–H groups in total. The Kier molecular flexibility index (Phi) is 5.99. The Bertz CT molecular complexity index is 877. The minimum absolute atomic E-state index is 0.111. The van der Waals surface area contributed by atoms with E-state index >= 15 is 0 Å². The van der Waals surface area contributed by atoms with E-state index in [2.05, 4.69) is 11.9 Å². The number of hydrogen-bond donors (Lipinski definition) is 1. The molecule has 0 saturated heterocycles. The number of carbonyl (C=O) groups is 2. The van der Waals surface area contributed by atoms with Crippen molar-refractivity contribution >= 4 is 23.2 Å². The van der Waals surface area contributed by atoms with Crippen LogP contribution in [0.5, 0.6) is 11.5 Å². The quantitative estimate of drug-likeness (QED) is 0.746. The van der Waals surface area contributed by atoms with Gasteiger partial charge in [-0.25, -0.2) is 0 Å². The molecule has 6 heteroatoms. The molecule has 28 heavy (non-hydrogen) atoms. The molecule has 1 unspecified atom stereocenters. The fourth-order valence-electron chi connectivity index (χ4n) is 3.07. The Morgan fingerprint density at radius 1 is 1.29 bits per heavy atom. The normalized spacial score (nSPS) is 15.4. The average Bonchev–Trinajstić information content (AvgIpc) is 2.67. The fraction of sp³-hybridized carbons (Fsp3) is 0.273. The first kappa shape index (κ1) is 19.5. The van der Waals surface area contributed by atoms with E-state index in [1.807, 2.05) is 31.2 Å². The van der Waals surface area contributed by atoms with Crippen LogP contribution in [0.15, 0.2) is 55.1 Å². The van der Waals surface area contributed by atoms with Gasteiger partial charge in [-0.2, -0.15) is 0 Å². The van der Waals surface area contributed by atoms with Crippen molar-refractivity contribution in [3.63, 3.8) is 0 Å². The van der Waals surface area contributed by atoms with E-state index < -0.39 is 6.10 Å². The van der Waals surface area contributed by atoms with Crippen LogP contribution in [0.1, 0.15) is 19.4 Å². The Hall–Kier alpha value is -3.28. The number of rotatable bonds is 7. The molecule has 2 aromatic carbocycles. The van der Waals surface area contributed by atoms with Crippen molar-refractivity contribution in [1.29, 1.82) is 0 Å². The SMILES string of the molecule is C=CCN1C(=O)C(C)Oc2cc(NC(=O)Cc3ccc(OCC)cc3)ccc21. The highest BCUT2D eigenvalue weighted by molar-refractivity contribution is 6.01. The van der Waals surface area contributed by atoms with Crippen LogP contribution in [0, 0.1) is 0 Å². The minimum Gasteiger partial charge on any atom is -0.494 e. The largest absolute Gasteiger partial charge is 0.494 e. The summed E-state index contributed by atoms with van der Waals surface area (Å²) in [6.45, 7) is 8.35. The number of amides is 2. The lowest BCUT2D eigenvalue weighted by Crippen LogP contribution is -2.44. The molecule has 1 heterocycles. The topological polar surface area (TPSA) is 67.9 Å². The van der Waals surface area contributed by atoms with Crippen LogP contribution in [0.3, 0.4) is 0 Å². The lowest BCUT2D eigenvalue weighted by Gasteiger charge is -2.32. The molecule has 0 aliphatic carbocycles. The molecular weight excluding hydrogens is 356 g/mol. The number of nitrogens with zero attached hydrogens (tertiary/aromatic N) is 1. The molecule has 0 aromatic heterocycles. The summed E-state index contributed by atoms with van der Waals surface area (Å²) in [6.07, 6.45) is 1.34. The van der Waals surface area contributed by atoms with Crippen LogP contribution in [-0.4, -0.2) is 31.1 Å². The number of carbonyl (C=O) groups excluding carboxylic acids is 2. The molecule has 0 bridgehead atoms. The maximum absolute atomic E-state index is 12.4. The van der Waals surface area contributed by atoms with Gasteiger partial charge in [-0.05, 0) is 43.7 Å². The van der Waals surface area contributed by atoms with Crippen LogP contribution in [0.25, 0.3) is 0 Å². The summed E-state index contributed by atoms with van der Waals surface area (Å²) >= 11 is 0. The van der Waals surface area contributed by atoms with Crippen molar-refractivity contribution < 1.29 is 19.1 Å². The zero-order valence-corrected chi connectivity index (χ0v) is 16.1. The summed E-state index contributed by atoms with van der Waals surface area (Å²) in [7, 11) is 0. The maximum atomic E-state index is 12.4. The van der Waals surface area contributed by atoms with Gasteiger partial charge in [0.15, 0.2) is 6.10 Å². The summed E-state index contributed by atoms with van der Waals surface area (Å²) in [5.41, 5.74) is 2.19. The van der Waals surface area contributed by atoms with Gasteiger partial charge in [0.25, 0.3) is 5.91 Å². The molecule has 0 spiro atoms. The highest BCUT2D eigenvalue weighted by Gasteiger charge is 2.30. The van der Waals surface area contributed by atoms with Crippen LogP contribution >= 0.6 is 0 Å². The maximum Gasteiger partial charge on any atom is 0.268 e. The van der Waals surface area contributed by atoms with Crippen LogP contribution in [0.4, 0.5) is 11.4 Å². The standard InChI is InChI=1S/C22H24N2O4/c1-4-12-24-19-11-8-17(14-20(19)28-15(3)22(24)26)23-21(25)13-16-6-9-18(10-7-16)27-5-2/h4,6-11,14-15H,1,5,12-13H2,2-3H3,(H,23,25). The van der Waals surface area contributed by atoms with Crippen molar-refractivity contribution in [3.8, 4) is 11.5 Å². The first-order valence-corrected chi connectivity index (χ1v) is 9.26. The number of anilines is 2. The summed E-state index contributed by atoms with van der Waals surface area (Å²) in [4.78, 5) is 26.3. The van der Waals surface area contributed by atoms with Crippen molar-refractivity contribution in [2.45, 2.75) is 26.4 Å². The highest BCUT2D eigenvalue weighted by atomic mass is 16.5. The molecule has 3 rings (SSSR count). The van der Waals surface area contributed by atoms with Crippen molar-refractivity contribution in [3.05, 3.63) is 60.7 Å². The summed E-state index contributed by atoms with van der Waals surface area (Å²) < 4.78 is 11.1. The van der Waals surface area contributed by atoms with Crippen molar-refractivity contribution in [2.24, 2.45) is 0 Å². The van der Waals surface area contributed by atoms with E-state index in [9.17, 15) is 9.59 Å². The Morgan fingerprint density at radius 3 is 2.71 bits per heavy atom. The number of nitrogens with one attached hydrogen (secondary N) is 1. The molecule has 0 fully saturated rings. The highest BCUT2D eigenvalue weighted by Crippen LogP contribution is 2.36. The second-order valence-corrected chi connectivity index (χ2v) is 6.48. The van der Waals surface area contributed by atoms with Gasteiger partial charge in [0.05, 0.1) is 18.7 Å². The van der Waals surface area contributed by atoms with E-state index in [1.54, 1.807) is 36.1 Å². The lowest BCUT2D eigenvalue weighted by molar-refractivity contribution is -0.125. The van der Waals surface area contributed by atoms with Gasteiger partial charge in [-0.3, -0.25) is 9.59 Å². The summed E-state index contributed by atoms with van der Waals surface area (Å²) in [5, 5.41) is 2.88. The molecule has 1 aliphatic rings. The van der Waals surface area contributed by atoms with Gasteiger partial charge in [0.2, 0.25) is 5.91 Å². The molecule has 2 aromatic rings. The minimum atomic E-state index is -0.581. The molecular formula is C22H24N2O4. The monoisotopic (exact) mass is 380 g/mol. The van der Waals surface area contributed by atoms with Gasteiger partial charge in [-0.15, -0.1) is 6.58 Å². The molecule has 0 radical (unpaired) electrons. The molecule has 0 saturated carbocycles. The van der Waals surface area contributed by atoms with Gasteiger partial charge >= 0.3 is 0 Å². The zero-order chi connectivity index (χ0) is 20.1. The van der Waals surface area contributed by atoms with Crippen LogP contribution < -0.4 is 19.7 Å². The molecule has 6 nitrogen and oxygen atoms in total. The number of fused-ring (bicyclic) bond motifs is 1. The van der Waals surface area contributed by atoms with Gasteiger partial charge in [0, 0.05) is 18.3 Å². The van der Waals surface area contributed by atoms with E-state index in [4.69, 9.17) is 9.47 Å². The van der Waals surface area contributed by atoms with Crippen molar-refractivity contribution in [1.82, 2.24) is 0 Å². The average molecular weight is 380 g/mol. The predicted octanol–water partition coefficient (Wildman–Crippen LogP) is 3.57. The van der Waals surface area contributed by atoms with E-state index in [-0.39, 0.29) is 18.2 Å². The third-order valence-electron chi connectivity index (χ3n) is 4.36. The molecule has 146 valence electrons. The second kappa shape index (κ2) is 8.61. The zero-order valence-electron chi connectivity index (χ0n) is 16.1. The van der Waals surface area contributed by atoms with Gasteiger partial charge in [-0.1, -0.05) is 18.2 Å². The molecule has 2 amide bonds. The number of ether oxygens (including phenoxy) is 2. The predicted molar refractivity (Wildman–Crippen MR) is 109 cm³/mol. The smallest absolute Gasteiger partial charge is 0.268 e. The van der Waals surface area contributed by atoms with E-state index in [1.165, 1.54) is 0 Å². The molecule has 1 atom stereocenters. The van der Waals surface area contributed by atoms with Crippen LogP contribution in [-0.2, 0) is 16.0 Å². The number of hydrogen-bond acceptors (Lipinski definition) is 4. The third-order valence-corrected chi connectivity index (χ3v) is 4.36. The van der Waals surface area contributed by atoms with Gasteiger partial charge < -0.3 is 19.7 Å².